The minimum absolute atomic E-state index is 0.0172. The first-order chi connectivity index (χ1) is 9.31. The second-order valence-corrected chi connectivity index (χ2v) is 6.83. The van der Waals surface area contributed by atoms with Gasteiger partial charge in [-0.25, -0.2) is 13.1 Å². The van der Waals surface area contributed by atoms with Gasteiger partial charge in [0.25, 0.3) is 5.69 Å². The Labute approximate surface area is 117 Å². The highest BCUT2D eigenvalue weighted by Gasteiger charge is 2.29. The van der Waals surface area contributed by atoms with Crippen molar-refractivity contribution in [1.29, 1.82) is 0 Å². The fraction of sp³-hybridized carbons (Fsp3) is 0.500. The van der Waals surface area contributed by atoms with Crippen LogP contribution in [0.3, 0.4) is 0 Å². The molecule has 0 heterocycles. The summed E-state index contributed by atoms with van der Waals surface area (Å²) in [5.74, 6) is 0.399. The maximum Gasteiger partial charge on any atom is 0.272 e. The number of aryl methyl sites for hydroxylation is 1. The van der Waals surface area contributed by atoms with E-state index in [2.05, 4.69) is 4.72 Å². The number of nitrogens with two attached hydrogens (primary N) is 1. The molecular formula is C12H17N3O4S. The van der Waals surface area contributed by atoms with Crippen molar-refractivity contribution in [2.45, 2.75) is 30.7 Å². The third-order valence-corrected chi connectivity index (χ3v) is 4.83. The lowest BCUT2D eigenvalue weighted by Crippen LogP contribution is -2.38. The highest BCUT2D eigenvalue weighted by Crippen LogP contribution is 2.31. The number of nitrogens with zero attached hydrogens (tertiary/aromatic N) is 1. The molecular weight excluding hydrogens is 282 g/mol. The fourth-order valence-corrected chi connectivity index (χ4v) is 3.14. The van der Waals surface area contributed by atoms with Gasteiger partial charge in [0, 0.05) is 24.2 Å². The third-order valence-electron chi connectivity index (χ3n) is 3.41. The highest BCUT2D eigenvalue weighted by atomic mass is 32.2. The second kappa shape index (κ2) is 5.47. The van der Waals surface area contributed by atoms with Crippen LogP contribution in [-0.4, -0.2) is 25.9 Å². The van der Waals surface area contributed by atoms with E-state index in [-0.39, 0.29) is 23.2 Å². The molecule has 1 aromatic carbocycles. The molecule has 1 saturated carbocycles. The Kier molecular flexibility index (Phi) is 4.07. The van der Waals surface area contributed by atoms with Gasteiger partial charge in [-0.15, -0.1) is 0 Å². The summed E-state index contributed by atoms with van der Waals surface area (Å²) in [5.41, 5.74) is 6.05. The standard InChI is InChI=1S/C12H17N3O4S/c1-8-6-10(4-5-12(8)15(16)17)20(18,19)14-7-11(13)9-2-3-9/h4-6,9,11,14H,2-3,7,13H2,1H3. The minimum atomic E-state index is -3.68. The molecule has 20 heavy (non-hydrogen) atoms. The van der Waals surface area contributed by atoms with E-state index in [0.29, 0.717) is 11.5 Å². The first kappa shape index (κ1) is 14.9. The molecule has 1 atom stereocenters. The van der Waals surface area contributed by atoms with E-state index in [0.717, 1.165) is 12.8 Å². The molecule has 0 amide bonds. The largest absolute Gasteiger partial charge is 0.326 e. The molecule has 3 N–H and O–H groups in total. The summed E-state index contributed by atoms with van der Waals surface area (Å²) in [6, 6.07) is 3.55. The molecule has 110 valence electrons. The minimum Gasteiger partial charge on any atom is -0.326 e. The van der Waals surface area contributed by atoms with E-state index in [1.165, 1.54) is 25.1 Å². The lowest BCUT2D eigenvalue weighted by Gasteiger charge is -2.12. The molecule has 0 spiro atoms. The molecule has 0 saturated heterocycles. The molecule has 1 aromatic rings. The second-order valence-electron chi connectivity index (χ2n) is 5.06. The molecule has 0 bridgehead atoms. The van der Waals surface area contributed by atoms with E-state index >= 15 is 0 Å². The molecule has 1 fully saturated rings. The van der Waals surface area contributed by atoms with Crippen LogP contribution in [0.4, 0.5) is 5.69 Å². The Morgan fingerprint density at radius 2 is 2.15 bits per heavy atom. The van der Waals surface area contributed by atoms with Crippen molar-refractivity contribution < 1.29 is 13.3 Å². The highest BCUT2D eigenvalue weighted by molar-refractivity contribution is 7.89. The monoisotopic (exact) mass is 299 g/mol. The number of nitrogens with one attached hydrogen (secondary N) is 1. The van der Waals surface area contributed by atoms with Gasteiger partial charge in [-0.3, -0.25) is 10.1 Å². The van der Waals surface area contributed by atoms with Gasteiger partial charge in [0.05, 0.1) is 9.82 Å². The van der Waals surface area contributed by atoms with Crippen molar-refractivity contribution in [1.82, 2.24) is 4.72 Å². The van der Waals surface area contributed by atoms with Crippen LogP contribution in [0.1, 0.15) is 18.4 Å². The van der Waals surface area contributed by atoms with E-state index in [4.69, 9.17) is 5.73 Å². The molecule has 0 radical (unpaired) electrons. The summed E-state index contributed by atoms with van der Waals surface area (Å²) in [4.78, 5) is 10.2. The van der Waals surface area contributed by atoms with Crippen LogP contribution in [-0.2, 0) is 10.0 Å². The Balaban J connectivity index is 2.12. The Morgan fingerprint density at radius 3 is 2.65 bits per heavy atom. The summed E-state index contributed by atoms with van der Waals surface area (Å²) in [5, 5.41) is 10.7. The molecule has 8 heteroatoms. The van der Waals surface area contributed by atoms with Crippen LogP contribution in [0.25, 0.3) is 0 Å². The Bertz CT molecular complexity index is 626. The van der Waals surface area contributed by atoms with Crippen LogP contribution >= 0.6 is 0 Å². The summed E-state index contributed by atoms with van der Waals surface area (Å²) in [6.45, 7) is 1.69. The molecule has 1 aliphatic rings. The zero-order chi connectivity index (χ0) is 14.9. The third kappa shape index (κ3) is 3.33. The van der Waals surface area contributed by atoms with Crippen LogP contribution in [0.15, 0.2) is 23.1 Å². The number of benzene rings is 1. The van der Waals surface area contributed by atoms with Crippen LogP contribution in [0.2, 0.25) is 0 Å². The molecule has 1 aliphatic carbocycles. The predicted molar refractivity (Wildman–Crippen MR) is 73.7 cm³/mol. The van der Waals surface area contributed by atoms with E-state index in [9.17, 15) is 18.5 Å². The van der Waals surface area contributed by atoms with Crippen molar-refractivity contribution in [3.05, 3.63) is 33.9 Å². The molecule has 0 aromatic heterocycles. The zero-order valence-electron chi connectivity index (χ0n) is 11.1. The summed E-state index contributed by atoms with van der Waals surface area (Å²) in [7, 11) is -3.68. The number of sulfonamides is 1. The van der Waals surface area contributed by atoms with E-state index in [1.54, 1.807) is 0 Å². The molecule has 1 unspecified atom stereocenters. The number of nitro benzene ring substituents is 1. The van der Waals surface area contributed by atoms with Gasteiger partial charge in [-0.2, -0.15) is 0 Å². The quantitative estimate of drug-likeness (QED) is 0.598. The predicted octanol–water partition coefficient (Wildman–Crippen LogP) is 0.919. The van der Waals surface area contributed by atoms with Crippen molar-refractivity contribution in [3.8, 4) is 0 Å². The smallest absolute Gasteiger partial charge is 0.272 e. The average molecular weight is 299 g/mol. The summed E-state index contributed by atoms with van der Waals surface area (Å²) in [6.07, 6.45) is 2.08. The van der Waals surface area contributed by atoms with Crippen molar-refractivity contribution >= 4 is 15.7 Å². The zero-order valence-corrected chi connectivity index (χ0v) is 11.9. The Morgan fingerprint density at radius 1 is 1.50 bits per heavy atom. The molecule has 7 nitrogen and oxygen atoms in total. The topological polar surface area (TPSA) is 115 Å². The fourth-order valence-electron chi connectivity index (χ4n) is 1.98. The van der Waals surface area contributed by atoms with Crippen molar-refractivity contribution in [3.63, 3.8) is 0 Å². The summed E-state index contributed by atoms with van der Waals surface area (Å²) < 4.78 is 26.6. The number of nitro groups is 1. The van der Waals surface area contributed by atoms with Gasteiger partial charge < -0.3 is 5.73 Å². The molecule has 2 rings (SSSR count). The van der Waals surface area contributed by atoms with Gasteiger partial charge in [0.15, 0.2) is 0 Å². The van der Waals surface area contributed by atoms with Gasteiger partial charge in [-0.05, 0) is 37.8 Å². The van der Waals surface area contributed by atoms with Crippen LogP contribution in [0.5, 0.6) is 0 Å². The number of rotatable bonds is 6. The summed E-state index contributed by atoms with van der Waals surface area (Å²) >= 11 is 0. The maximum atomic E-state index is 12.1. The maximum absolute atomic E-state index is 12.1. The van der Waals surface area contributed by atoms with Gasteiger partial charge in [-0.1, -0.05) is 0 Å². The van der Waals surface area contributed by atoms with Crippen LogP contribution in [0, 0.1) is 23.0 Å². The van der Waals surface area contributed by atoms with Gasteiger partial charge in [0.2, 0.25) is 10.0 Å². The van der Waals surface area contributed by atoms with Crippen LogP contribution < -0.4 is 10.5 Å². The number of hydrogen-bond acceptors (Lipinski definition) is 5. The van der Waals surface area contributed by atoms with E-state index in [1.807, 2.05) is 0 Å². The Hall–Kier alpha value is -1.51. The molecule has 0 aliphatic heterocycles. The van der Waals surface area contributed by atoms with Gasteiger partial charge in [0.1, 0.15) is 0 Å². The lowest BCUT2D eigenvalue weighted by atomic mass is 10.2. The lowest BCUT2D eigenvalue weighted by molar-refractivity contribution is -0.385. The first-order valence-corrected chi connectivity index (χ1v) is 7.80. The van der Waals surface area contributed by atoms with E-state index < -0.39 is 14.9 Å². The van der Waals surface area contributed by atoms with Crippen molar-refractivity contribution in [2.24, 2.45) is 11.7 Å². The SMILES string of the molecule is Cc1cc(S(=O)(=O)NCC(N)C2CC2)ccc1[N+](=O)[O-]. The number of hydrogen-bond donors (Lipinski definition) is 2. The first-order valence-electron chi connectivity index (χ1n) is 6.31. The normalized spacial score (nSPS) is 16.9. The van der Waals surface area contributed by atoms with Gasteiger partial charge >= 0.3 is 0 Å². The van der Waals surface area contributed by atoms with Crippen molar-refractivity contribution in [2.75, 3.05) is 6.54 Å². The average Bonchev–Trinajstić information content (AvgIpc) is 3.19.